The highest BCUT2D eigenvalue weighted by atomic mass is 19.4. The van der Waals surface area contributed by atoms with Crippen LogP contribution in [-0.2, 0) is 4.74 Å². The van der Waals surface area contributed by atoms with Gasteiger partial charge in [0.2, 0.25) is 5.88 Å². The minimum atomic E-state index is -4.23. The molecule has 0 bridgehead atoms. The molecule has 2 aromatic rings. The molecule has 1 aromatic heterocycles. The lowest BCUT2D eigenvalue weighted by Gasteiger charge is -2.28. The van der Waals surface area contributed by atoms with E-state index in [4.69, 9.17) is 9.47 Å². The van der Waals surface area contributed by atoms with Crippen LogP contribution in [0.1, 0.15) is 25.3 Å². The van der Waals surface area contributed by atoms with Crippen molar-refractivity contribution in [2.24, 2.45) is 5.92 Å². The number of aryl methyl sites for hydroxylation is 1. The van der Waals surface area contributed by atoms with Gasteiger partial charge >= 0.3 is 12.2 Å². The number of carbonyl (C=O) groups is 1. The standard InChI is InChI=1S/C26H33F3N4O4/c1-17-3-4-21(30-25(35)33-6-5-19(15-33)14-26(27,28)29)13-22(17)20-11-23(32-7-9-36-10-8-32)31-24(12-20)37-16-18(2)34/h3-4,11-13,18-19,34H,5-10,14-16H2,1-2H3,(H,30,35)/t18-,19-/m1/s1. The molecule has 11 heteroatoms. The number of aromatic nitrogens is 1. The summed E-state index contributed by atoms with van der Waals surface area (Å²) in [6.07, 6.45) is -5.43. The number of nitrogens with one attached hydrogen (secondary N) is 1. The minimum Gasteiger partial charge on any atom is -0.475 e. The molecule has 1 aromatic carbocycles. The quantitative estimate of drug-likeness (QED) is 0.559. The molecule has 2 fully saturated rings. The van der Waals surface area contributed by atoms with Crippen LogP contribution < -0.4 is 15.0 Å². The number of urea groups is 1. The number of ether oxygens (including phenoxy) is 2. The fraction of sp³-hybridized carbons (Fsp3) is 0.538. The van der Waals surface area contributed by atoms with Gasteiger partial charge in [0.1, 0.15) is 12.4 Å². The van der Waals surface area contributed by atoms with E-state index < -0.39 is 30.7 Å². The molecule has 2 saturated heterocycles. The van der Waals surface area contributed by atoms with Crippen LogP contribution in [-0.4, -0.2) is 79.3 Å². The van der Waals surface area contributed by atoms with Gasteiger partial charge in [-0.05, 0) is 61.1 Å². The molecule has 3 heterocycles. The van der Waals surface area contributed by atoms with Gasteiger partial charge in [0.25, 0.3) is 0 Å². The Morgan fingerprint density at radius 1 is 1.24 bits per heavy atom. The molecule has 0 unspecified atom stereocenters. The topological polar surface area (TPSA) is 87.2 Å². The van der Waals surface area contributed by atoms with Crippen molar-refractivity contribution >= 4 is 17.5 Å². The maximum absolute atomic E-state index is 12.8. The summed E-state index contributed by atoms with van der Waals surface area (Å²) in [5.74, 6) is 0.527. The number of likely N-dealkylation sites (tertiary alicyclic amines) is 1. The molecule has 8 nitrogen and oxygen atoms in total. The molecule has 0 spiro atoms. The molecule has 2 amide bonds. The lowest BCUT2D eigenvalue weighted by molar-refractivity contribution is -0.143. The van der Waals surface area contributed by atoms with Gasteiger partial charge in [-0.1, -0.05) is 6.07 Å². The molecule has 0 radical (unpaired) electrons. The first-order valence-corrected chi connectivity index (χ1v) is 12.5. The van der Waals surface area contributed by atoms with Crippen LogP contribution in [0.3, 0.4) is 0 Å². The molecule has 4 rings (SSSR count). The number of amides is 2. The number of carbonyl (C=O) groups excluding carboxylic acids is 1. The summed E-state index contributed by atoms with van der Waals surface area (Å²) in [7, 11) is 0. The highest BCUT2D eigenvalue weighted by molar-refractivity contribution is 5.90. The molecule has 2 aliphatic heterocycles. The Balaban J connectivity index is 1.54. The first-order valence-electron chi connectivity index (χ1n) is 12.5. The number of hydrogen-bond donors (Lipinski definition) is 2. The summed E-state index contributed by atoms with van der Waals surface area (Å²) in [5, 5.41) is 12.5. The number of alkyl halides is 3. The van der Waals surface area contributed by atoms with E-state index in [0.29, 0.717) is 50.8 Å². The maximum atomic E-state index is 12.8. The van der Waals surface area contributed by atoms with Crippen molar-refractivity contribution in [3.63, 3.8) is 0 Å². The smallest absolute Gasteiger partial charge is 0.389 e. The predicted molar refractivity (Wildman–Crippen MR) is 134 cm³/mol. The molecular weight excluding hydrogens is 489 g/mol. The number of aliphatic hydroxyl groups excluding tert-OH is 1. The summed E-state index contributed by atoms with van der Waals surface area (Å²) in [6.45, 7) is 6.62. The third-order valence-corrected chi connectivity index (χ3v) is 6.49. The highest BCUT2D eigenvalue weighted by Gasteiger charge is 2.36. The van der Waals surface area contributed by atoms with Gasteiger partial charge in [0.05, 0.1) is 19.3 Å². The molecule has 37 heavy (non-hydrogen) atoms. The van der Waals surface area contributed by atoms with E-state index in [-0.39, 0.29) is 13.2 Å². The summed E-state index contributed by atoms with van der Waals surface area (Å²) < 4.78 is 49.4. The molecule has 0 saturated carbocycles. The Labute approximate surface area is 214 Å². The SMILES string of the molecule is Cc1ccc(NC(=O)N2CC[C@H](CC(F)(F)F)C2)cc1-c1cc(OC[C@@H](C)O)nc(N2CCOCC2)c1. The number of halogens is 3. The first-order chi connectivity index (χ1) is 17.6. The lowest BCUT2D eigenvalue weighted by atomic mass is 10.0. The normalized spacial score (nSPS) is 19.1. The molecule has 2 atom stereocenters. The summed E-state index contributed by atoms with van der Waals surface area (Å²) in [6, 6.07) is 8.83. The maximum Gasteiger partial charge on any atom is 0.389 e. The van der Waals surface area contributed by atoms with E-state index in [1.807, 2.05) is 25.1 Å². The zero-order valence-corrected chi connectivity index (χ0v) is 21.1. The van der Waals surface area contributed by atoms with Crippen molar-refractivity contribution in [2.45, 2.75) is 39.0 Å². The number of anilines is 2. The third kappa shape index (κ3) is 7.48. The van der Waals surface area contributed by atoms with E-state index in [1.165, 1.54) is 4.90 Å². The Bertz CT molecular complexity index is 1090. The van der Waals surface area contributed by atoms with Gasteiger partial charge in [-0.25, -0.2) is 4.79 Å². The van der Waals surface area contributed by atoms with E-state index in [0.717, 1.165) is 22.5 Å². The Hall–Kier alpha value is -3.05. The lowest BCUT2D eigenvalue weighted by Crippen LogP contribution is -2.36. The van der Waals surface area contributed by atoms with Gasteiger partial charge in [-0.15, -0.1) is 0 Å². The van der Waals surface area contributed by atoms with Crippen molar-refractivity contribution in [1.82, 2.24) is 9.88 Å². The van der Waals surface area contributed by atoms with Crippen molar-refractivity contribution in [3.8, 4) is 17.0 Å². The number of benzene rings is 1. The highest BCUT2D eigenvalue weighted by Crippen LogP contribution is 2.33. The number of aliphatic hydroxyl groups is 1. The minimum absolute atomic E-state index is 0.0846. The van der Waals surface area contributed by atoms with E-state index in [2.05, 4.69) is 15.2 Å². The Morgan fingerprint density at radius 3 is 2.70 bits per heavy atom. The average Bonchev–Trinajstić information content (AvgIpc) is 3.31. The third-order valence-electron chi connectivity index (χ3n) is 6.49. The van der Waals surface area contributed by atoms with Gasteiger partial charge in [-0.2, -0.15) is 18.2 Å². The summed E-state index contributed by atoms with van der Waals surface area (Å²) >= 11 is 0. The van der Waals surface area contributed by atoms with Crippen LogP contribution >= 0.6 is 0 Å². The monoisotopic (exact) mass is 522 g/mol. The van der Waals surface area contributed by atoms with Crippen molar-refractivity contribution in [1.29, 1.82) is 0 Å². The Kier molecular flexibility index (Phi) is 8.43. The van der Waals surface area contributed by atoms with Gasteiger partial charge in [0.15, 0.2) is 0 Å². The fourth-order valence-electron chi connectivity index (χ4n) is 4.61. The second-order valence-corrected chi connectivity index (χ2v) is 9.69. The zero-order chi connectivity index (χ0) is 26.6. The van der Waals surface area contributed by atoms with E-state index in [9.17, 15) is 23.1 Å². The Morgan fingerprint density at radius 2 is 2.00 bits per heavy atom. The first kappa shape index (κ1) is 27.0. The van der Waals surface area contributed by atoms with Gasteiger partial charge in [-0.3, -0.25) is 0 Å². The van der Waals surface area contributed by atoms with Crippen molar-refractivity contribution in [2.75, 3.05) is 56.2 Å². The molecule has 2 aliphatic rings. The van der Waals surface area contributed by atoms with Crippen molar-refractivity contribution < 1.29 is 32.5 Å². The zero-order valence-electron chi connectivity index (χ0n) is 21.1. The van der Waals surface area contributed by atoms with E-state index >= 15 is 0 Å². The summed E-state index contributed by atoms with van der Waals surface area (Å²) in [4.78, 5) is 20.9. The van der Waals surface area contributed by atoms with Crippen LogP contribution in [0.25, 0.3) is 11.1 Å². The van der Waals surface area contributed by atoms with Gasteiger partial charge < -0.3 is 29.7 Å². The fourth-order valence-corrected chi connectivity index (χ4v) is 4.61. The second kappa shape index (κ2) is 11.6. The van der Waals surface area contributed by atoms with Crippen LogP contribution in [0.5, 0.6) is 5.88 Å². The average molecular weight is 523 g/mol. The number of rotatable bonds is 7. The van der Waals surface area contributed by atoms with Crippen LogP contribution in [0.15, 0.2) is 30.3 Å². The van der Waals surface area contributed by atoms with Gasteiger partial charge in [0, 0.05) is 44.4 Å². The number of pyridine rings is 1. The molecule has 202 valence electrons. The molecule has 2 N–H and O–H groups in total. The van der Waals surface area contributed by atoms with Crippen LogP contribution in [0.2, 0.25) is 0 Å². The van der Waals surface area contributed by atoms with E-state index in [1.54, 1.807) is 19.1 Å². The van der Waals surface area contributed by atoms with Crippen LogP contribution in [0.4, 0.5) is 29.5 Å². The summed E-state index contributed by atoms with van der Waals surface area (Å²) in [5.41, 5.74) is 3.19. The van der Waals surface area contributed by atoms with Crippen LogP contribution in [0, 0.1) is 12.8 Å². The van der Waals surface area contributed by atoms with Crippen molar-refractivity contribution in [3.05, 3.63) is 35.9 Å². The number of nitrogens with zero attached hydrogens (tertiary/aromatic N) is 3. The predicted octanol–water partition coefficient (Wildman–Crippen LogP) is 4.46. The largest absolute Gasteiger partial charge is 0.475 e. The molecular formula is C26H33F3N4O4. The number of hydrogen-bond acceptors (Lipinski definition) is 6. The molecule has 0 aliphatic carbocycles. The second-order valence-electron chi connectivity index (χ2n) is 9.69. The number of morpholine rings is 1.